The number of aliphatic imine (C=N–C) groups is 1. The summed E-state index contributed by atoms with van der Waals surface area (Å²) in [5.74, 6) is 1.28. The summed E-state index contributed by atoms with van der Waals surface area (Å²) in [6.45, 7) is 10.3. The average molecular weight is 303 g/mol. The zero-order chi connectivity index (χ0) is 15.9. The molecule has 5 heteroatoms. The van der Waals surface area contributed by atoms with Gasteiger partial charge in [0, 0.05) is 18.5 Å². The summed E-state index contributed by atoms with van der Waals surface area (Å²) in [6.07, 6.45) is 1.06. The summed E-state index contributed by atoms with van der Waals surface area (Å²) >= 11 is 0. The molecule has 0 amide bonds. The van der Waals surface area contributed by atoms with Gasteiger partial charge in [-0.2, -0.15) is 0 Å². The highest BCUT2D eigenvalue weighted by molar-refractivity contribution is 5.78. The zero-order valence-corrected chi connectivity index (χ0v) is 13.4. The minimum absolute atomic E-state index is 0.128. The lowest BCUT2D eigenvalue weighted by molar-refractivity contribution is 0.140. The number of aryl methyl sites for hydroxylation is 1. The summed E-state index contributed by atoms with van der Waals surface area (Å²) in [7, 11) is 0. The Kier molecular flexibility index (Phi) is 5.83. The Bertz CT molecular complexity index is 549. The van der Waals surface area contributed by atoms with E-state index in [1.807, 2.05) is 26.0 Å². The first-order chi connectivity index (χ1) is 10.5. The van der Waals surface area contributed by atoms with Crippen LogP contribution in [0.25, 0.3) is 0 Å². The zero-order valence-electron chi connectivity index (χ0n) is 13.4. The van der Waals surface area contributed by atoms with Crippen molar-refractivity contribution in [1.82, 2.24) is 5.32 Å². The lowest BCUT2D eigenvalue weighted by Crippen LogP contribution is -2.32. The van der Waals surface area contributed by atoms with Crippen LogP contribution >= 0.6 is 0 Å². The van der Waals surface area contributed by atoms with Gasteiger partial charge in [-0.05, 0) is 25.5 Å². The Morgan fingerprint density at radius 2 is 2.36 bits per heavy atom. The van der Waals surface area contributed by atoms with Crippen molar-refractivity contribution in [3.63, 3.8) is 0 Å². The maximum absolute atomic E-state index is 6.05. The van der Waals surface area contributed by atoms with Crippen LogP contribution in [0.15, 0.2) is 35.3 Å². The van der Waals surface area contributed by atoms with Crippen molar-refractivity contribution < 1.29 is 9.47 Å². The van der Waals surface area contributed by atoms with Crippen molar-refractivity contribution in [2.75, 3.05) is 19.8 Å². The molecule has 1 aromatic rings. The molecule has 1 saturated heterocycles. The monoisotopic (exact) mass is 303 g/mol. The molecule has 3 N–H and O–H groups in total. The van der Waals surface area contributed by atoms with Crippen LogP contribution in [0.1, 0.15) is 24.5 Å². The Morgan fingerprint density at radius 1 is 1.55 bits per heavy atom. The lowest BCUT2D eigenvalue weighted by Gasteiger charge is -2.15. The van der Waals surface area contributed by atoms with Crippen molar-refractivity contribution in [3.8, 4) is 5.75 Å². The summed E-state index contributed by atoms with van der Waals surface area (Å²) in [5, 5.41) is 3.02. The number of ether oxygens (including phenoxy) is 2. The maximum Gasteiger partial charge on any atom is 0.189 e. The van der Waals surface area contributed by atoms with Gasteiger partial charge in [-0.15, -0.1) is 0 Å². The molecule has 0 radical (unpaired) electrons. The van der Waals surface area contributed by atoms with Gasteiger partial charge in [0.1, 0.15) is 11.9 Å². The summed E-state index contributed by atoms with van der Waals surface area (Å²) in [4.78, 5) is 4.36. The molecule has 1 heterocycles. The molecule has 0 aliphatic carbocycles. The predicted octanol–water partition coefficient (Wildman–Crippen LogP) is 2.14. The normalized spacial score (nSPS) is 18.3. The van der Waals surface area contributed by atoms with Gasteiger partial charge in [0.15, 0.2) is 5.96 Å². The molecule has 0 saturated carbocycles. The van der Waals surface area contributed by atoms with Gasteiger partial charge in [-0.1, -0.05) is 24.3 Å². The number of nitrogens with one attached hydrogen (secondary N) is 1. The van der Waals surface area contributed by atoms with E-state index >= 15 is 0 Å². The second kappa shape index (κ2) is 7.84. The first-order valence-corrected chi connectivity index (χ1v) is 7.56. The standard InChI is InChI=1S/C17H25N3O2/c1-12(2)9-19-17(18)20-10-14-5-4-13(3)8-16(14)22-15-6-7-21-11-15/h4-5,8,15H,1,6-7,9-11H2,2-3H3,(H3,18,19,20). The van der Waals surface area contributed by atoms with E-state index in [2.05, 4.69) is 23.0 Å². The molecular weight excluding hydrogens is 278 g/mol. The molecule has 1 unspecified atom stereocenters. The van der Waals surface area contributed by atoms with Crippen LogP contribution < -0.4 is 15.8 Å². The van der Waals surface area contributed by atoms with E-state index in [4.69, 9.17) is 15.2 Å². The lowest BCUT2D eigenvalue weighted by atomic mass is 10.1. The molecule has 5 nitrogen and oxygen atoms in total. The van der Waals surface area contributed by atoms with Crippen LogP contribution in [0.3, 0.4) is 0 Å². The second-order valence-corrected chi connectivity index (χ2v) is 5.73. The van der Waals surface area contributed by atoms with Crippen molar-refractivity contribution in [1.29, 1.82) is 0 Å². The summed E-state index contributed by atoms with van der Waals surface area (Å²) in [6, 6.07) is 6.14. The highest BCUT2D eigenvalue weighted by atomic mass is 16.5. The molecule has 2 rings (SSSR count). The fraction of sp³-hybridized carbons (Fsp3) is 0.471. The smallest absolute Gasteiger partial charge is 0.189 e. The van der Waals surface area contributed by atoms with Crippen LogP contribution in [-0.4, -0.2) is 31.8 Å². The number of hydrogen-bond acceptors (Lipinski definition) is 3. The highest BCUT2D eigenvalue weighted by Crippen LogP contribution is 2.24. The fourth-order valence-electron chi connectivity index (χ4n) is 2.16. The number of guanidine groups is 1. The SMILES string of the molecule is C=C(C)CNC(N)=NCc1ccc(C)cc1OC1CCOC1. The van der Waals surface area contributed by atoms with E-state index < -0.39 is 0 Å². The molecular formula is C17H25N3O2. The van der Waals surface area contributed by atoms with Gasteiger partial charge < -0.3 is 20.5 Å². The maximum atomic E-state index is 6.05. The van der Waals surface area contributed by atoms with Crippen LogP contribution in [0.2, 0.25) is 0 Å². The Morgan fingerprint density at radius 3 is 3.05 bits per heavy atom. The summed E-state index contributed by atoms with van der Waals surface area (Å²) < 4.78 is 11.4. The van der Waals surface area contributed by atoms with Crippen molar-refractivity contribution in [2.24, 2.45) is 10.7 Å². The quantitative estimate of drug-likeness (QED) is 0.480. The number of rotatable bonds is 6. The predicted molar refractivity (Wildman–Crippen MR) is 89.2 cm³/mol. The van der Waals surface area contributed by atoms with E-state index in [9.17, 15) is 0 Å². The number of nitrogens with zero attached hydrogens (tertiary/aromatic N) is 1. The molecule has 1 aliphatic rings. The second-order valence-electron chi connectivity index (χ2n) is 5.73. The molecule has 1 aromatic carbocycles. The van der Waals surface area contributed by atoms with Gasteiger partial charge in [-0.25, -0.2) is 4.99 Å². The van der Waals surface area contributed by atoms with Crippen LogP contribution in [0.5, 0.6) is 5.75 Å². The first kappa shape index (κ1) is 16.4. The Balaban J connectivity index is 2.02. The molecule has 120 valence electrons. The van der Waals surface area contributed by atoms with Gasteiger partial charge in [-0.3, -0.25) is 0 Å². The van der Waals surface area contributed by atoms with E-state index in [-0.39, 0.29) is 6.10 Å². The minimum Gasteiger partial charge on any atom is -0.488 e. The third-order valence-corrected chi connectivity index (χ3v) is 3.40. The van der Waals surface area contributed by atoms with Crippen LogP contribution in [0, 0.1) is 6.92 Å². The van der Waals surface area contributed by atoms with Crippen molar-refractivity contribution >= 4 is 5.96 Å². The topological polar surface area (TPSA) is 68.9 Å². The molecule has 1 atom stereocenters. The van der Waals surface area contributed by atoms with Crippen molar-refractivity contribution in [2.45, 2.75) is 32.9 Å². The molecule has 22 heavy (non-hydrogen) atoms. The van der Waals surface area contributed by atoms with Crippen molar-refractivity contribution in [3.05, 3.63) is 41.5 Å². The van der Waals surface area contributed by atoms with E-state index in [1.165, 1.54) is 0 Å². The van der Waals surface area contributed by atoms with Crippen LogP contribution in [0.4, 0.5) is 0 Å². The summed E-state index contributed by atoms with van der Waals surface area (Å²) in [5.41, 5.74) is 9.05. The van der Waals surface area contributed by atoms with E-state index in [1.54, 1.807) is 0 Å². The Labute approximate surface area is 132 Å². The number of benzene rings is 1. The Hall–Kier alpha value is -2.01. The highest BCUT2D eigenvalue weighted by Gasteiger charge is 2.18. The third kappa shape index (κ3) is 5.07. The minimum atomic E-state index is 0.128. The van der Waals surface area contributed by atoms with Gasteiger partial charge >= 0.3 is 0 Å². The molecule has 1 fully saturated rings. The molecule has 0 spiro atoms. The largest absolute Gasteiger partial charge is 0.488 e. The fourth-order valence-corrected chi connectivity index (χ4v) is 2.16. The van der Waals surface area contributed by atoms with Gasteiger partial charge in [0.2, 0.25) is 0 Å². The molecule has 0 bridgehead atoms. The third-order valence-electron chi connectivity index (χ3n) is 3.40. The van der Waals surface area contributed by atoms with Gasteiger partial charge in [0.25, 0.3) is 0 Å². The first-order valence-electron chi connectivity index (χ1n) is 7.56. The average Bonchev–Trinajstić information content (AvgIpc) is 2.97. The number of nitrogens with two attached hydrogens (primary N) is 1. The van der Waals surface area contributed by atoms with Crippen LogP contribution in [-0.2, 0) is 11.3 Å². The molecule has 0 aromatic heterocycles. The van der Waals surface area contributed by atoms with E-state index in [0.29, 0.717) is 25.7 Å². The molecule has 1 aliphatic heterocycles. The number of hydrogen-bond donors (Lipinski definition) is 2. The van der Waals surface area contributed by atoms with Gasteiger partial charge in [0.05, 0.1) is 19.8 Å². The van der Waals surface area contributed by atoms with E-state index in [0.717, 1.165) is 35.5 Å².